The lowest BCUT2D eigenvalue weighted by Crippen LogP contribution is -2.32. The van der Waals surface area contributed by atoms with Gasteiger partial charge in [-0.25, -0.2) is 5.43 Å². The van der Waals surface area contributed by atoms with Crippen molar-refractivity contribution in [1.82, 2.24) is 5.43 Å². The number of amides is 2. The molecular formula is C25H22BrCl2N3O4. The van der Waals surface area contributed by atoms with Crippen molar-refractivity contribution in [2.24, 2.45) is 5.10 Å². The third kappa shape index (κ3) is 7.71. The van der Waals surface area contributed by atoms with E-state index < -0.39 is 11.8 Å². The zero-order valence-corrected chi connectivity index (χ0v) is 22.0. The van der Waals surface area contributed by atoms with Crippen LogP contribution in [0, 0.1) is 6.92 Å². The van der Waals surface area contributed by atoms with Crippen LogP contribution in [0.5, 0.6) is 11.5 Å². The molecule has 0 saturated carbocycles. The fourth-order valence-corrected chi connectivity index (χ4v) is 3.92. The summed E-state index contributed by atoms with van der Waals surface area (Å²) in [5.41, 5.74) is 5.19. The molecule has 0 atom stereocenters. The van der Waals surface area contributed by atoms with E-state index in [1.54, 1.807) is 18.2 Å². The van der Waals surface area contributed by atoms with Crippen molar-refractivity contribution in [3.63, 3.8) is 0 Å². The second-order valence-electron chi connectivity index (χ2n) is 7.32. The normalized spacial score (nSPS) is 10.8. The van der Waals surface area contributed by atoms with Gasteiger partial charge in [0, 0.05) is 5.02 Å². The summed E-state index contributed by atoms with van der Waals surface area (Å²) in [6, 6.07) is 16.0. The second-order valence-corrected chi connectivity index (χ2v) is 9.02. The van der Waals surface area contributed by atoms with Gasteiger partial charge in [-0.1, -0.05) is 53.0 Å². The Labute approximate surface area is 221 Å². The number of carbonyl (C=O) groups is 2. The summed E-state index contributed by atoms with van der Waals surface area (Å²) in [5.74, 6) is -0.857. The van der Waals surface area contributed by atoms with Crippen molar-refractivity contribution in [2.45, 2.75) is 20.5 Å². The number of hydrazone groups is 1. The van der Waals surface area contributed by atoms with Crippen LogP contribution in [-0.4, -0.2) is 24.6 Å². The molecule has 0 fully saturated rings. The minimum absolute atomic E-state index is 0.217. The standard InChI is InChI=1S/C25H22BrCl2N3O4/c1-3-34-22-11-17(10-19(26)23(22)35-14-16-6-4-5-15(2)9-16)13-29-31-25(33)24(32)30-21-12-18(27)7-8-20(21)28/h4-13H,3,14H2,1-2H3,(H,30,32)(H,31,33)/b29-13+. The Morgan fingerprint density at radius 1 is 1.06 bits per heavy atom. The molecule has 0 heterocycles. The quantitative estimate of drug-likeness (QED) is 0.191. The minimum atomic E-state index is -0.973. The number of carbonyl (C=O) groups excluding carboxylic acids is 2. The van der Waals surface area contributed by atoms with E-state index in [-0.39, 0.29) is 10.7 Å². The molecule has 0 unspecified atom stereocenters. The first-order valence-electron chi connectivity index (χ1n) is 10.5. The Morgan fingerprint density at radius 3 is 2.60 bits per heavy atom. The third-order valence-electron chi connectivity index (χ3n) is 4.56. The van der Waals surface area contributed by atoms with Crippen LogP contribution in [0.4, 0.5) is 5.69 Å². The number of hydrogen-bond acceptors (Lipinski definition) is 5. The van der Waals surface area contributed by atoms with Crippen molar-refractivity contribution in [2.75, 3.05) is 11.9 Å². The maximum absolute atomic E-state index is 12.1. The van der Waals surface area contributed by atoms with Gasteiger partial charge in [0.25, 0.3) is 0 Å². The van der Waals surface area contributed by atoms with Crippen molar-refractivity contribution < 1.29 is 19.1 Å². The van der Waals surface area contributed by atoms with Gasteiger partial charge in [0.2, 0.25) is 0 Å². The summed E-state index contributed by atoms with van der Waals surface area (Å²) in [6.07, 6.45) is 1.38. The van der Waals surface area contributed by atoms with Crippen LogP contribution < -0.4 is 20.2 Å². The van der Waals surface area contributed by atoms with E-state index in [0.717, 1.165) is 11.1 Å². The summed E-state index contributed by atoms with van der Waals surface area (Å²) in [5, 5.41) is 6.86. The molecular weight excluding hydrogens is 557 g/mol. The SMILES string of the molecule is CCOc1cc(/C=N/NC(=O)C(=O)Nc2cc(Cl)ccc2Cl)cc(Br)c1OCc1cccc(C)c1. The highest BCUT2D eigenvalue weighted by Crippen LogP contribution is 2.37. The molecule has 0 spiro atoms. The second kappa shape index (κ2) is 12.6. The van der Waals surface area contributed by atoms with E-state index in [2.05, 4.69) is 37.8 Å². The Bertz CT molecular complexity index is 1270. The lowest BCUT2D eigenvalue weighted by Gasteiger charge is -2.15. The van der Waals surface area contributed by atoms with E-state index in [1.165, 1.54) is 18.3 Å². The molecule has 35 heavy (non-hydrogen) atoms. The fraction of sp³-hybridized carbons (Fsp3) is 0.160. The predicted molar refractivity (Wildman–Crippen MR) is 142 cm³/mol. The first-order valence-corrected chi connectivity index (χ1v) is 12.1. The fourth-order valence-electron chi connectivity index (χ4n) is 3.01. The van der Waals surface area contributed by atoms with Gasteiger partial charge in [0.15, 0.2) is 11.5 Å². The maximum atomic E-state index is 12.1. The van der Waals surface area contributed by atoms with Crippen LogP contribution in [0.2, 0.25) is 10.0 Å². The summed E-state index contributed by atoms with van der Waals surface area (Å²) in [4.78, 5) is 24.2. The monoisotopic (exact) mass is 577 g/mol. The summed E-state index contributed by atoms with van der Waals surface area (Å²) in [7, 11) is 0. The van der Waals surface area contributed by atoms with Gasteiger partial charge in [-0.2, -0.15) is 5.10 Å². The number of hydrogen-bond donors (Lipinski definition) is 2. The highest BCUT2D eigenvalue weighted by Gasteiger charge is 2.15. The molecule has 0 radical (unpaired) electrons. The Hall–Kier alpha value is -3.07. The lowest BCUT2D eigenvalue weighted by molar-refractivity contribution is -0.136. The number of halogens is 3. The molecule has 3 aromatic carbocycles. The van der Waals surface area contributed by atoms with Crippen molar-refractivity contribution in [3.8, 4) is 11.5 Å². The zero-order chi connectivity index (χ0) is 25.4. The van der Waals surface area contributed by atoms with Crippen LogP contribution in [0.1, 0.15) is 23.6 Å². The van der Waals surface area contributed by atoms with Crippen molar-refractivity contribution in [3.05, 3.63) is 85.8 Å². The van der Waals surface area contributed by atoms with Crippen molar-refractivity contribution in [1.29, 1.82) is 0 Å². The van der Waals surface area contributed by atoms with E-state index in [1.807, 2.05) is 32.0 Å². The molecule has 10 heteroatoms. The largest absolute Gasteiger partial charge is 0.490 e. The predicted octanol–water partition coefficient (Wildman–Crippen LogP) is 6.13. The van der Waals surface area contributed by atoms with Gasteiger partial charge in [-0.15, -0.1) is 0 Å². The van der Waals surface area contributed by atoms with Crippen molar-refractivity contribution >= 4 is 62.8 Å². The Kier molecular flexibility index (Phi) is 9.54. The van der Waals surface area contributed by atoms with E-state index in [4.69, 9.17) is 32.7 Å². The molecule has 7 nitrogen and oxygen atoms in total. The average Bonchev–Trinajstić information content (AvgIpc) is 2.81. The summed E-state index contributed by atoms with van der Waals surface area (Å²) < 4.78 is 12.4. The maximum Gasteiger partial charge on any atom is 0.329 e. The number of anilines is 1. The smallest absolute Gasteiger partial charge is 0.329 e. The number of aryl methyl sites for hydroxylation is 1. The van der Waals surface area contributed by atoms with Gasteiger partial charge < -0.3 is 14.8 Å². The summed E-state index contributed by atoms with van der Waals surface area (Å²) in [6.45, 7) is 4.68. The number of ether oxygens (including phenoxy) is 2. The third-order valence-corrected chi connectivity index (χ3v) is 5.71. The summed E-state index contributed by atoms with van der Waals surface area (Å²) >= 11 is 15.4. The molecule has 0 aliphatic rings. The molecule has 0 aliphatic heterocycles. The molecule has 0 aliphatic carbocycles. The lowest BCUT2D eigenvalue weighted by atomic mass is 10.1. The minimum Gasteiger partial charge on any atom is -0.490 e. The Balaban J connectivity index is 1.66. The number of nitrogens with one attached hydrogen (secondary N) is 2. The molecule has 2 N–H and O–H groups in total. The van der Waals surface area contributed by atoms with E-state index in [0.29, 0.717) is 39.8 Å². The van der Waals surface area contributed by atoms with E-state index >= 15 is 0 Å². The van der Waals surface area contributed by atoms with Gasteiger partial charge in [-0.3, -0.25) is 9.59 Å². The van der Waals surface area contributed by atoms with Gasteiger partial charge in [0.1, 0.15) is 6.61 Å². The molecule has 182 valence electrons. The van der Waals surface area contributed by atoms with Crippen LogP contribution in [0.3, 0.4) is 0 Å². The molecule has 2 amide bonds. The number of nitrogens with zero attached hydrogens (tertiary/aromatic N) is 1. The van der Waals surface area contributed by atoms with Crippen LogP contribution >= 0.6 is 39.1 Å². The molecule has 0 saturated heterocycles. The average molecular weight is 579 g/mol. The first kappa shape index (κ1) is 26.5. The molecule has 0 bridgehead atoms. The van der Waals surface area contributed by atoms with Crippen LogP contribution in [0.15, 0.2) is 64.2 Å². The topological polar surface area (TPSA) is 89.0 Å². The van der Waals surface area contributed by atoms with Crippen LogP contribution in [-0.2, 0) is 16.2 Å². The van der Waals surface area contributed by atoms with Gasteiger partial charge in [0.05, 0.1) is 28.0 Å². The molecule has 0 aromatic heterocycles. The highest BCUT2D eigenvalue weighted by atomic mass is 79.9. The van der Waals surface area contributed by atoms with Crippen LogP contribution in [0.25, 0.3) is 0 Å². The first-order chi connectivity index (χ1) is 16.8. The zero-order valence-electron chi connectivity index (χ0n) is 18.9. The number of benzene rings is 3. The van der Waals surface area contributed by atoms with E-state index in [9.17, 15) is 9.59 Å². The van der Waals surface area contributed by atoms with Gasteiger partial charge in [-0.05, 0) is 71.2 Å². The molecule has 3 aromatic rings. The van der Waals surface area contributed by atoms with Gasteiger partial charge >= 0.3 is 11.8 Å². The Morgan fingerprint density at radius 2 is 1.86 bits per heavy atom. The highest BCUT2D eigenvalue weighted by molar-refractivity contribution is 9.10. The number of rotatable bonds is 8. The molecule has 3 rings (SSSR count).